The van der Waals surface area contributed by atoms with Crippen molar-refractivity contribution in [2.45, 2.75) is 32.2 Å². The van der Waals surface area contributed by atoms with Crippen molar-refractivity contribution in [1.82, 2.24) is 9.29 Å². The van der Waals surface area contributed by atoms with E-state index in [1.165, 1.54) is 22.6 Å². The molecule has 2 rings (SSSR count). The number of aromatic nitrogens is 1. The van der Waals surface area contributed by atoms with E-state index >= 15 is 0 Å². The molecule has 0 bridgehead atoms. The van der Waals surface area contributed by atoms with Crippen LogP contribution in [0.4, 0.5) is 11.5 Å². The number of sulfonamides is 1. The first-order chi connectivity index (χ1) is 10.4. The molecular weight excluding hydrogens is 308 g/mol. The molecular formula is C13H20N4O4S. The molecule has 0 aliphatic carbocycles. The van der Waals surface area contributed by atoms with Crippen LogP contribution >= 0.6 is 0 Å². The summed E-state index contributed by atoms with van der Waals surface area (Å²) in [6.45, 7) is 2.70. The Balaban J connectivity index is 1.98. The van der Waals surface area contributed by atoms with E-state index in [2.05, 4.69) is 10.3 Å². The van der Waals surface area contributed by atoms with E-state index in [9.17, 15) is 18.5 Å². The molecule has 1 aliphatic rings. The quantitative estimate of drug-likeness (QED) is 0.628. The number of hydrogen-bond acceptors (Lipinski definition) is 6. The fraction of sp³-hybridized carbons (Fsp3) is 0.615. The van der Waals surface area contributed by atoms with Gasteiger partial charge in [-0.1, -0.05) is 6.92 Å². The van der Waals surface area contributed by atoms with E-state index < -0.39 is 14.9 Å². The molecule has 0 saturated carbocycles. The highest BCUT2D eigenvalue weighted by atomic mass is 32.2. The third kappa shape index (κ3) is 3.92. The first-order valence-corrected chi connectivity index (χ1v) is 8.88. The van der Waals surface area contributed by atoms with Gasteiger partial charge in [0.15, 0.2) is 0 Å². The van der Waals surface area contributed by atoms with Crippen molar-refractivity contribution in [3.8, 4) is 0 Å². The summed E-state index contributed by atoms with van der Waals surface area (Å²) in [6.07, 6.45) is 3.31. The summed E-state index contributed by atoms with van der Waals surface area (Å²) in [6, 6.07) is 2.90. The SMILES string of the molecule is CCCS(=O)(=O)N1CCC(Nc2ncccc2[N+](=O)[O-])CC1. The Morgan fingerprint density at radius 1 is 1.45 bits per heavy atom. The van der Waals surface area contributed by atoms with Crippen LogP contribution in [-0.4, -0.2) is 47.5 Å². The number of rotatable bonds is 6. The predicted molar refractivity (Wildman–Crippen MR) is 83.2 cm³/mol. The maximum Gasteiger partial charge on any atom is 0.311 e. The molecule has 1 aromatic rings. The van der Waals surface area contributed by atoms with Crippen LogP contribution in [-0.2, 0) is 10.0 Å². The standard InChI is InChI=1S/C13H20N4O4S/c1-2-10-22(20,21)16-8-5-11(6-9-16)15-13-12(17(18)19)4-3-7-14-13/h3-4,7,11H,2,5-6,8-10H2,1H3,(H,14,15). The molecule has 1 fully saturated rings. The fourth-order valence-corrected chi connectivity index (χ4v) is 4.06. The van der Waals surface area contributed by atoms with Crippen molar-refractivity contribution < 1.29 is 13.3 Å². The van der Waals surface area contributed by atoms with Gasteiger partial charge in [-0.15, -0.1) is 0 Å². The Morgan fingerprint density at radius 2 is 2.14 bits per heavy atom. The molecule has 1 aromatic heterocycles. The van der Waals surface area contributed by atoms with Crippen LogP contribution in [0.25, 0.3) is 0 Å². The minimum Gasteiger partial charge on any atom is -0.362 e. The zero-order chi connectivity index (χ0) is 16.2. The number of nitrogens with zero attached hydrogens (tertiary/aromatic N) is 3. The van der Waals surface area contributed by atoms with Crippen molar-refractivity contribution in [1.29, 1.82) is 0 Å². The summed E-state index contributed by atoms with van der Waals surface area (Å²) in [5.41, 5.74) is -0.0662. The van der Waals surface area contributed by atoms with Gasteiger partial charge < -0.3 is 5.32 Å². The van der Waals surface area contributed by atoms with E-state index in [0.717, 1.165) is 0 Å². The molecule has 1 N–H and O–H groups in total. The van der Waals surface area contributed by atoms with E-state index in [1.807, 2.05) is 6.92 Å². The maximum absolute atomic E-state index is 12.0. The van der Waals surface area contributed by atoms with Gasteiger partial charge in [0.1, 0.15) is 0 Å². The van der Waals surface area contributed by atoms with Crippen LogP contribution in [0.15, 0.2) is 18.3 Å². The number of hydrogen-bond donors (Lipinski definition) is 1. The number of pyridine rings is 1. The molecule has 1 saturated heterocycles. The Bertz CT molecular complexity index is 627. The molecule has 0 aromatic carbocycles. The van der Waals surface area contributed by atoms with Crippen molar-refractivity contribution in [2.24, 2.45) is 0 Å². The highest BCUT2D eigenvalue weighted by molar-refractivity contribution is 7.89. The van der Waals surface area contributed by atoms with Gasteiger partial charge >= 0.3 is 5.69 Å². The molecule has 122 valence electrons. The number of nitrogens with one attached hydrogen (secondary N) is 1. The van der Waals surface area contributed by atoms with E-state index in [4.69, 9.17) is 0 Å². The molecule has 0 radical (unpaired) electrons. The van der Waals surface area contributed by atoms with Gasteiger partial charge in [-0.2, -0.15) is 0 Å². The molecule has 8 nitrogen and oxygen atoms in total. The first kappa shape index (κ1) is 16.6. The van der Waals surface area contributed by atoms with Gasteiger partial charge in [-0.3, -0.25) is 10.1 Å². The molecule has 0 atom stereocenters. The zero-order valence-electron chi connectivity index (χ0n) is 12.4. The molecule has 0 spiro atoms. The summed E-state index contributed by atoms with van der Waals surface area (Å²) in [7, 11) is -3.17. The van der Waals surface area contributed by atoms with Crippen LogP contribution in [0.3, 0.4) is 0 Å². The third-order valence-electron chi connectivity index (χ3n) is 3.63. The van der Waals surface area contributed by atoms with Crippen LogP contribution in [0.1, 0.15) is 26.2 Å². The summed E-state index contributed by atoms with van der Waals surface area (Å²) >= 11 is 0. The zero-order valence-corrected chi connectivity index (χ0v) is 13.3. The smallest absolute Gasteiger partial charge is 0.311 e. The van der Waals surface area contributed by atoms with Crippen LogP contribution in [0.2, 0.25) is 0 Å². The summed E-state index contributed by atoms with van der Waals surface area (Å²) in [4.78, 5) is 14.5. The Kier molecular flexibility index (Phi) is 5.30. The monoisotopic (exact) mass is 328 g/mol. The average molecular weight is 328 g/mol. The lowest BCUT2D eigenvalue weighted by atomic mass is 10.1. The lowest BCUT2D eigenvalue weighted by Crippen LogP contribution is -2.43. The minimum atomic E-state index is -3.17. The second-order valence-electron chi connectivity index (χ2n) is 5.26. The third-order valence-corrected chi connectivity index (χ3v) is 5.71. The average Bonchev–Trinajstić information content (AvgIpc) is 2.48. The van der Waals surface area contributed by atoms with E-state index in [1.54, 1.807) is 0 Å². The molecule has 22 heavy (non-hydrogen) atoms. The van der Waals surface area contributed by atoms with Crippen LogP contribution in [0, 0.1) is 10.1 Å². The molecule has 0 unspecified atom stereocenters. The summed E-state index contributed by atoms with van der Waals surface area (Å²) in [5, 5.41) is 14.0. The Labute approximate surface area is 129 Å². The normalized spacial score (nSPS) is 17.3. The molecule has 9 heteroatoms. The molecule has 2 heterocycles. The largest absolute Gasteiger partial charge is 0.362 e. The van der Waals surface area contributed by atoms with Crippen molar-refractivity contribution >= 4 is 21.5 Å². The second-order valence-corrected chi connectivity index (χ2v) is 7.35. The van der Waals surface area contributed by atoms with Gasteiger partial charge in [0.25, 0.3) is 0 Å². The Hall–Kier alpha value is -1.74. The van der Waals surface area contributed by atoms with Gasteiger partial charge in [-0.05, 0) is 25.3 Å². The lowest BCUT2D eigenvalue weighted by molar-refractivity contribution is -0.384. The number of piperidine rings is 1. The molecule has 0 amide bonds. The van der Waals surface area contributed by atoms with Gasteiger partial charge in [0.2, 0.25) is 15.8 Å². The van der Waals surface area contributed by atoms with Gasteiger partial charge in [0, 0.05) is 31.4 Å². The van der Waals surface area contributed by atoms with Gasteiger partial charge in [0.05, 0.1) is 10.7 Å². The van der Waals surface area contributed by atoms with E-state index in [0.29, 0.717) is 32.4 Å². The lowest BCUT2D eigenvalue weighted by Gasteiger charge is -2.31. The summed E-state index contributed by atoms with van der Waals surface area (Å²) < 4.78 is 25.5. The maximum atomic E-state index is 12.0. The van der Waals surface area contributed by atoms with Crippen molar-refractivity contribution in [3.63, 3.8) is 0 Å². The van der Waals surface area contributed by atoms with Crippen LogP contribution in [0.5, 0.6) is 0 Å². The number of anilines is 1. The first-order valence-electron chi connectivity index (χ1n) is 7.28. The highest BCUT2D eigenvalue weighted by Gasteiger charge is 2.28. The van der Waals surface area contributed by atoms with Crippen LogP contribution < -0.4 is 5.32 Å². The number of nitro groups is 1. The topological polar surface area (TPSA) is 105 Å². The van der Waals surface area contributed by atoms with Crippen molar-refractivity contribution in [3.05, 3.63) is 28.4 Å². The predicted octanol–water partition coefficient (Wildman–Crippen LogP) is 1.61. The minimum absolute atomic E-state index is 0.0123. The summed E-state index contributed by atoms with van der Waals surface area (Å²) in [5.74, 6) is 0.402. The molecule has 1 aliphatic heterocycles. The van der Waals surface area contributed by atoms with Crippen molar-refractivity contribution in [2.75, 3.05) is 24.2 Å². The van der Waals surface area contributed by atoms with E-state index in [-0.39, 0.29) is 23.3 Å². The Morgan fingerprint density at radius 3 is 2.73 bits per heavy atom. The van der Waals surface area contributed by atoms with Gasteiger partial charge in [-0.25, -0.2) is 17.7 Å². The highest BCUT2D eigenvalue weighted by Crippen LogP contribution is 2.24. The second kappa shape index (κ2) is 7.01. The fourth-order valence-electron chi connectivity index (χ4n) is 2.51.